The predicted octanol–water partition coefficient (Wildman–Crippen LogP) is 2.62. The summed E-state index contributed by atoms with van der Waals surface area (Å²) in [6.45, 7) is 7.23. The zero-order chi connectivity index (χ0) is 11.5. The fraction of sp³-hybridized carbons (Fsp3) is 1.00. The third kappa shape index (κ3) is 3.46. The highest BCUT2D eigenvalue weighted by Gasteiger charge is 2.33. The van der Waals surface area contributed by atoms with Crippen LogP contribution < -0.4 is 5.73 Å². The van der Waals surface area contributed by atoms with E-state index in [1.54, 1.807) is 0 Å². The van der Waals surface area contributed by atoms with Gasteiger partial charge in [-0.3, -0.25) is 0 Å². The highest BCUT2D eigenvalue weighted by molar-refractivity contribution is 4.89. The van der Waals surface area contributed by atoms with Crippen LogP contribution in [0.4, 0.5) is 0 Å². The smallest absolute Gasteiger partial charge is 0.00965 e. The lowest BCUT2D eigenvalue weighted by Crippen LogP contribution is -2.38. The van der Waals surface area contributed by atoms with Gasteiger partial charge in [0.1, 0.15) is 0 Å². The van der Waals surface area contributed by atoms with Gasteiger partial charge in [0.05, 0.1) is 0 Å². The van der Waals surface area contributed by atoms with E-state index in [9.17, 15) is 0 Å². The minimum absolute atomic E-state index is 0.486. The van der Waals surface area contributed by atoms with Crippen LogP contribution in [0.1, 0.15) is 52.4 Å². The average Bonchev–Trinajstić information content (AvgIpc) is 2.99. The fourth-order valence-corrected chi connectivity index (χ4v) is 2.88. The Morgan fingerprint density at radius 1 is 1.19 bits per heavy atom. The average molecular weight is 224 g/mol. The van der Waals surface area contributed by atoms with E-state index in [1.165, 1.54) is 51.6 Å². The van der Waals surface area contributed by atoms with Gasteiger partial charge >= 0.3 is 0 Å². The molecule has 0 spiro atoms. The molecule has 0 heterocycles. The molecule has 2 aliphatic rings. The molecule has 2 N–H and O–H groups in total. The van der Waals surface area contributed by atoms with Gasteiger partial charge in [-0.1, -0.05) is 20.3 Å². The van der Waals surface area contributed by atoms with Crippen LogP contribution in [0.15, 0.2) is 0 Å². The molecule has 0 aromatic heterocycles. The Labute approximate surface area is 101 Å². The minimum atomic E-state index is 0.486. The number of hydrogen-bond acceptors (Lipinski definition) is 2. The standard InChI is InChI=1S/C14H28N2/c1-11(2)8-9-16(13-6-7-13)10-12-4-3-5-14(12)15/h11-14H,3-10,15H2,1-2H3. The Morgan fingerprint density at radius 3 is 2.44 bits per heavy atom. The van der Waals surface area contributed by atoms with Gasteiger partial charge in [-0.2, -0.15) is 0 Å². The van der Waals surface area contributed by atoms with E-state index in [4.69, 9.17) is 5.73 Å². The van der Waals surface area contributed by atoms with E-state index in [0.717, 1.165) is 17.9 Å². The lowest BCUT2D eigenvalue weighted by atomic mass is 10.0. The Hall–Kier alpha value is -0.0800. The third-order valence-electron chi connectivity index (χ3n) is 4.24. The molecule has 2 atom stereocenters. The first-order valence-electron chi connectivity index (χ1n) is 7.16. The molecule has 2 saturated carbocycles. The third-order valence-corrected chi connectivity index (χ3v) is 4.24. The van der Waals surface area contributed by atoms with Crippen molar-refractivity contribution in [1.82, 2.24) is 4.90 Å². The van der Waals surface area contributed by atoms with Crippen molar-refractivity contribution in [1.29, 1.82) is 0 Å². The van der Waals surface area contributed by atoms with E-state index in [0.29, 0.717) is 6.04 Å². The van der Waals surface area contributed by atoms with Crippen LogP contribution in [-0.2, 0) is 0 Å². The van der Waals surface area contributed by atoms with E-state index in [-0.39, 0.29) is 0 Å². The molecule has 2 heteroatoms. The van der Waals surface area contributed by atoms with Crippen LogP contribution in [0.25, 0.3) is 0 Å². The van der Waals surface area contributed by atoms with Gasteiger partial charge in [0.15, 0.2) is 0 Å². The minimum Gasteiger partial charge on any atom is -0.327 e. The monoisotopic (exact) mass is 224 g/mol. The lowest BCUT2D eigenvalue weighted by Gasteiger charge is -2.28. The highest BCUT2D eigenvalue weighted by Crippen LogP contribution is 2.31. The molecule has 0 aliphatic heterocycles. The van der Waals surface area contributed by atoms with Crippen molar-refractivity contribution < 1.29 is 0 Å². The van der Waals surface area contributed by atoms with E-state index >= 15 is 0 Å². The predicted molar refractivity (Wildman–Crippen MR) is 69.4 cm³/mol. The summed E-state index contributed by atoms with van der Waals surface area (Å²) in [5.74, 6) is 1.62. The first kappa shape index (κ1) is 12.4. The summed E-state index contributed by atoms with van der Waals surface area (Å²) in [5, 5.41) is 0. The molecular weight excluding hydrogens is 196 g/mol. The first-order valence-corrected chi connectivity index (χ1v) is 7.16. The van der Waals surface area contributed by atoms with Gasteiger partial charge < -0.3 is 10.6 Å². The van der Waals surface area contributed by atoms with Crippen molar-refractivity contribution in [3.63, 3.8) is 0 Å². The Balaban J connectivity index is 1.77. The normalized spacial score (nSPS) is 30.6. The molecule has 2 fully saturated rings. The lowest BCUT2D eigenvalue weighted by molar-refractivity contribution is 0.203. The number of nitrogens with zero attached hydrogens (tertiary/aromatic N) is 1. The zero-order valence-electron chi connectivity index (χ0n) is 11.0. The summed E-state index contributed by atoms with van der Waals surface area (Å²) >= 11 is 0. The van der Waals surface area contributed by atoms with Crippen LogP contribution in [0, 0.1) is 11.8 Å². The largest absolute Gasteiger partial charge is 0.327 e. The van der Waals surface area contributed by atoms with Gasteiger partial charge in [-0.15, -0.1) is 0 Å². The summed E-state index contributed by atoms with van der Waals surface area (Å²) in [7, 11) is 0. The van der Waals surface area contributed by atoms with Crippen molar-refractivity contribution in [2.75, 3.05) is 13.1 Å². The van der Waals surface area contributed by atoms with Crippen LogP contribution in [-0.4, -0.2) is 30.1 Å². The summed E-state index contributed by atoms with van der Waals surface area (Å²) in [5.41, 5.74) is 6.18. The quantitative estimate of drug-likeness (QED) is 0.751. The number of hydrogen-bond donors (Lipinski definition) is 1. The molecule has 0 aromatic carbocycles. The summed E-state index contributed by atoms with van der Waals surface area (Å²) < 4.78 is 0. The van der Waals surface area contributed by atoms with Gasteiger partial charge in [0.25, 0.3) is 0 Å². The molecule has 0 amide bonds. The molecule has 0 bridgehead atoms. The molecule has 0 aromatic rings. The topological polar surface area (TPSA) is 29.3 Å². The van der Waals surface area contributed by atoms with Crippen LogP contribution in [0.3, 0.4) is 0 Å². The fourth-order valence-electron chi connectivity index (χ4n) is 2.88. The van der Waals surface area contributed by atoms with Gasteiger partial charge in [-0.05, 0) is 50.5 Å². The second-order valence-electron chi connectivity index (χ2n) is 6.26. The SMILES string of the molecule is CC(C)CCN(CC1CCCC1N)C1CC1. The van der Waals surface area contributed by atoms with Gasteiger partial charge in [0.2, 0.25) is 0 Å². The van der Waals surface area contributed by atoms with Crippen molar-refractivity contribution in [2.45, 2.75) is 64.5 Å². The molecule has 16 heavy (non-hydrogen) atoms. The van der Waals surface area contributed by atoms with Crippen molar-refractivity contribution in [3.05, 3.63) is 0 Å². The van der Waals surface area contributed by atoms with E-state index < -0.39 is 0 Å². The number of nitrogens with two attached hydrogens (primary N) is 1. The zero-order valence-corrected chi connectivity index (χ0v) is 11.0. The first-order chi connectivity index (χ1) is 7.66. The molecule has 94 valence electrons. The van der Waals surface area contributed by atoms with Crippen LogP contribution in [0.5, 0.6) is 0 Å². The van der Waals surface area contributed by atoms with Gasteiger partial charge in [0, 0.05) is 18.6 Å². The van der Waals surface area contributed by atoms with Crippen LogP contribution >= 0.6 is 0 Å². The summed E-state index contributed by atoms with van der Waals surface area (Å²) in [6, 6.07) is 1.40. The molecule has 2 aliphatic carbocycles. The van der Waals surface area contributed by atoms with E-state index in [1.807, 2.05) is 0 Å². The Kier molecular flexibility index (Phi) is 4.26. The second kappa shape index (κ2) is 5.50. The van der Waals surface area contributed by atoms with E-state index in [2.05, 4.69) is 18.7 Å². The van der Waals surface area contributed by atoms with Crippen molar-refractivity contribution >= 4 is 0 Å². The summed E-state index contributed by atoms with van der Waals surface area (Å²) in [6.07, 6.45) is 8.19. The molecule has 2 rings (SSSR count). The van der Waals surface area contributed by atoms with Gasteiger partial charge in [-0.25, -0.2) is 0 Å². The summed E-state index contributed by atoms with van der Waals surface area (Å²) in [4.78, 5) is 2.73. The second-order valence-corrected chi connectivity index (χ2v) is 6.26. The van der Waals surface area contributed by atoms with Crippen LogP contribution in [0.2, 0.25) is 0 Å². The molecule has 0 saturated heterocycles. The molecule has 2 nitrogen and oxygen atoms in total. The molecule has 0 radical (unpaired) electrons. The maximum absolute atomic E-state index is 6.18. The Bertz CT molecular complexity index is 211. The van der Waals surface area contributed by atoms with Crippen molar-refractivity contribution in [3.8, 4) is 0 Å². The molecular formula is C14H28N2. The Morgan fingerprint density at radius 2 is 1.94 bits per heavy atom. The maximum atomic E-state index is 6.18. The molecule has 2 unspecified atom stereocenters. The highest BCUT2D eigenvalue weighted by atomic mass is 15.2. The maximum Gasteiger partial charge on any atom is 0.00965 e. The number of rotatable bonds is 6. The van der Waals surface area contributed by atoms with Crippen molar-refractivity contribution in [2.24, 2.45) is 17.6 Å².